The van der Waals surface area contributed by atoms with E-state index in [1.807, 2.05) is 7.11 Å². The number of fused-ring (bicyclic) bond motifs is 1. The van der Waals surface area contributed by atoms with Crippen molar-refractivity contribution in [2.45, 2.75) is 37.8 Å². The molecule has 1 fully saturated rings. The van der Waals surface area contributed by atoms with E-state index in [0.29, 0.717) is 0 Å². The van der Waals surface area contributed by atoms with Gasteiger partial charge in [-0.15, -0.1) is 0 Å². The summed E-state index contributed by atoms with van der Waals surface area (Å²) in [5.74, 6) is 0.721. The van der Waals surface area contributed by atoms with Crippen LogP contribution in [0, 0.1) is 5.92 Å². The second kappa shape index (κ2) is 5.48. The molecule has 1 aromatic rings. The van der Waals surface area contributed by atoms with Gasteiger partial charge in [0.05, 0.1) is 0 Å². The van der Waals surface area contributed by atoms with Gasteiger partial charge in [0, 0.05) is 13.5 Å². The Morgan fingerprint density at radius 2 is 2.11 bits per heavy atom. The van der Waals surface area contributed by atoms with Crippen LogP contribution >= 0.6 is 0 Å². The number of nitrogens with one attached hydrogen (secondary N) is 1. The summed E-state index contributed by atoms with van der Waals surface area (Å²) in [7, 11) is 1.84. The standard InChI is InChI=1S/C17H23NO/c1-19-17(13-14-7-3-2-4-8-14)16-10-6-5-9-15(16)11-12-18-17/h2-4,7-8,10,15,18H,5-6,9,11-13H2,1H3. The molecule has 0 aromatic heterocycles. The van der Waals surface area contributed by atoms with Crippen molar-refractivity contribution < 1.29 is 4.74 Å². The Balaban J connectivity index is 1.90. The van der Waals surface area contributed by atoms with Crippen molar-refractivity contribution in [1.82, 2.24) is 5.32 Å². The molecule has 2 nitrogen and oxygen atoms in total. The number of hydrogen-bond acceptors (Lipinski definition) is 2. The van der Waals surface area contributed by atoms with Crippen LogP contribution in [0.5, 0.6) is 0 Å². The summed E-state index contributed by atoms with van der Waals surface area (Å²) < 4.78 is 5.97. The van der Waals surface area contributed by atoms with E-state index < -0.39 is 0 Å². The van der Waals surface area contributed by atoms with E-state index in [4.69, 9.17) is 4.74 Å². The highest BCUT2D eigenvalue weighted by Gasteiger charge is 2.41. The molecule has 0 spiro atoms. The van der Waals surface area contributed by atoms with Crippen LogP contribution < -0.4 is 5.32 Å². The van der Waals surface area contributed by atoms with Crippen molar-refractivity contribution in [2.24, 2.45) is 5.92 Å². The molecule has 1 aromatic carbocycles. The second-order valence-corrected chi connectivity index (χ2v) is 5.70. The van der Waals surface area contributed by atoms with E-state index in [2.05, 4.69) is 41.7 Å². The Morgan fingerprint density at radius 1 is 1.26 bits per heavy atom. The average Bonchev–Trinajstić information content (AvgIpc) is 2.49. The van der Waals surface area contributed by atoms with Gasteiger partial charge in [0.25, 0.3) is 0 Å². The zero-order chi connectivity index (χ0) is 13.1. The van der Waals surface area contributed by atoms with Gasteiger partial charge in [-0.1, -0.05) is 36.4 Å². The lowest BCUT2D eigenvalue weighted by Gasteiger charge is -2.45. The van der Waals surface area contributed by atoms with Gasteiger partial charge in [0.2, 0.25) is 0 Å². The van der Waals surface area contributed by atoms with E-state index in [9.17, 15) is 0 Å². The fourth-order valence-electron chi connectivity index (χ4n) is 3.60. The molecule has 2 aliphatic rings. The van der Waals surface area contributed by atoms with Gasteiger partial charge in [-0.3, -0.25) is 5.32 Å². The molecular weight excluding hydrogens is 234 g/mol. The number of hydrogen-bond donors (Lipinski definition) is 1. The van der Waals surface area contributed by atoms with Crippen molar-refractivity contribution in [3.05, 3.63) is 47.5 Å². The summed E-state index contributed by atoms with van der Waals surface area (Å²) in [6.45, 7) is 1.06. The predicted molar refractivity (Wildman–Crippen MR) is 77.9 cm³/mol. The summed E-state index contributed by atoms with van der Waals surface area (Å²) >= 11 is 0. The van der Waals surface area contributed by atoms with Gasteiger partial charge >= 0.3 is 0 Å². The molecule has 1 aliphatic carbocycles. The van der Waals surface area contributed by atoms with Gasteiger partial charge in [0.15, 0.2) is 0 Å². The highest BCUT2D eigenvalue weighted by Crippen LogP contribution is 2.39. The lowest BCUT2D eigenvalue weighted by Crippen LogP contribution is -2.56. The Bertz CT molecular complexity index is 454. The lowest BCUT2D eigenvalue weighted by molar-refractivity contribution is -0.0299. The molecule has 1 saturated heterocycles. The smallest absolute Gasteiger partial charge is 0.145 e. The zero-order valence-corrected chi connectivity index (χ0v) is 11.7. The third kappa shape index (κ3) is 2.47. The van der Waals surface area contributed by atoms with Crippen LogP contribution in [0.15, 0.2) is 42.0 Å². The zero-order valence-electron chi connectivity index (χ0n) is 11.7. The molecule has 19 heavy (non-hydrogen) atoms. The van der Waals surface area contributed by atoms with Crippen LogP contribution in [0.2, 0.25) is 0 Å². The summed E-state index contributed by atoms with van der Waals surface area (Å²) in [5.41, 5.74) is 2.56. The molecule has 3 rings (SSSR count). The van der Waals surface area contributed by atoms with E-state index in [1.54, 1.807) is 0 Å². The molecule has 2 atom stereocenters. The minimum absolute atomic E-state index is 0.273. The molecule has 0 amide bonds. The number of ether oxygens (including phenoxy) is 1. The van der Waals surface area contributed by atoms with E-state index in [1.165, 1.54) is 36.8 Å². The number of rotatable bonds is 3. The van der Waals surface area contributed by atoms with E-state index in [-0.39, 0.29) is 5.72 Å². The number of allylic oxidation sites excluding steroid dienone is 1. The Kier molecular flexibility index (Phi) is 3.72. The fourth-order valence-corrected chi connectivity index (χ4v) is 3.60. The topological polar surface area (TPSA) is 21.3 Å². The van der Waals surface area contributed by atoms with Crippen LogP contribution in [0.1, 0.15) is 31.2 Å². The first kappa shape index (κ1) is 12.9. The summed E-state index contributed by atoms with van der Waals surface area (Å²) in [6.07, 6.45) is 8.46. The molecule has 0 saturated carbocycles. The minimum atomic E-state index is -0.273. The Labute approximate surface area is 115 Å². The van der Waals surface area contributed by atoms with Crippen LogP contribution in [-0.4, -0.2) is 19.4 Å². The van der Waals surface area contributed by atoms with Gasteiger partial charge in [-0.05, 0) is 49.3 Å². The maximum atomic E-state index is 5.97. The monoisotopic (exact) mass is 257 g/mol. The molecule has 1 aliphatic heterocycles. The average molecular weight is 257 g/mol. The molecule has 0 radical (unpaired) electrons. The molecule has 2 heteroatoms. The first-order valence-electron chi connectivity index (χ1n) is 7.39. The van der Waals surface area contributed by atoms with Crippen LogP contribution in [0.4, 0.5) is 0 Å². The SMILES string of the molecule is COC1(Cc2ccccc2)NCCC2CCCC=C21. The fraction of sp³-hybridized carbons (Fsp3) is 0.529. The largest absolute Gasteiger partial charge is 0.360 e. The number of piperidine rings is 1. The predicted octanol–water partition coefficient (Wildman–Crippen LogP) is 3.29. The second-order valence-electron chi connectivity index (χ2n) is 5.70. The highest BCUT2D eigenvalue weighted by molar-refractivity contribution is 5.29. The van der Waals surface area contributed by atoms with Crippen molar-refractivity contribution in [1.29, 1.82) is 0 Å². The maximum absolute atomic E-state index is 5.97. The van der Waals surface area contributed by atoms with Crippen LogP contribution in [0.3, 0.4) is 0 Å². The van der Waals surface area contributed by atoms with Crippen molar-refractivity contribution in [2.75, 3.05) is 13.7 Å². The van der Waals surface area contributed by atoms with Crippen LogP contribution in [-0.2, 0) is 11.2 Å². The molecule has 0 bridgehead atoms. The lowest BCUT2D eigenvalue weighted by atomic mass is 9.75. The highest BCUT2D eigenvalue weighted by atomic mass is 16.5. The quantitative estimate of drug-likeness (QED) is 0.839. The molecule has 1 N–H and O–H groups in total. The maximum Gasteiger partial charge on any atom is 0.145 e. The molecule has 1 heterocycles. The number of benzene rings is 1. The Morgan fingerprint density at radius 3 is 2.89 bits per heavy atom. The van der Waals surface area contributed by atoms with Gasteiger partial charge in [-0.2, -0.15) is 0 Å². The van der Waals surface area contributed by atoms with Crippen molar-refractivity contribution >= 4 is 0 Å². The minimum Gasteiger partial charge on any atom is -0.360 e. The van der Waals surface area contributed by atoms with Crippen molar-refractivity contribution in [3.63, 3.8) is 0 Å². The van der Waals surface area contributed by atoms with Crippen LogP contribution in [0.25, 0.3) is 0 Å². The third-order valence-corrected chi connectivity index (χ3v) is 4.57. The first-order valence-corrected chi connectivity index (χ1v) is 7.39. The van der Waals surface area contributed by atoms with Gasteiger partial charge < -0.3 is 4.74 Å². The normalized spacial score (nSPS) is 30.6. The van der Waals surface area contributed by atoms with E-state index >= 15 is 0 Å². The number of methoxy groups -OCH3 is 1. The Hall–Kier alpha value is -1.12. The van der Waals surface area contributed by atoms with Gasteiger partial charge in [-0.25, -0.2) is 0 Å². The van der Waals surface area contributed by atoms with Gasteiger partial charge in [0.1, 0.15) is 5.72 Å². The summed E-state index contributed by atoms with van der Waals surface area (Å²) in [6, 6.07) is 10.7. The summed E-state index contributed by atoms with van der Waals surface area (Å²) in [5, 5.41) is 3.64. The molecular formula is C17H23NO. The molecule has 2 unspecified atom stereocenters. The first-order chi connectivity index (χ1) is 9.34. The summed E-state index contributed by atoms with van der Waals surface area (Å²) in [4.78, 5) is 0. The van der Waals surface area contributed by atoms with E-state index in [0.717, 1.165) is 18.9 Å². The van der Waals surface area contributed by atoms with Crippen molar-refractivity contribution in [3.8, 4) is 0 Å². The third-order valence-electron chi connectivity index (χ3n) is 4.57. The molecule has 102 valence electrons.